The van der Waals surface area contributed by atoms with Gasteiger partial charge < -0.3 is 10.2 Å². The summed E-state index contributed by atoms with van der Waals surface area (Å²) in [7, 11) is 0. The first-order chi connectivity index (χ1) is 16.5. The number of halogens is 1. The van der Waals surface area contributed by atoms with Gasteiger partial charge in [0.2, 0.25) is 11.8 Å². The number of carbonyl (C=O) groups is 2. The van der Waals surface area contributed by atoms with Gasteiger partial charge in [0.25, 0.3) is 0 Å². The van der Waals surface area contributed by atoms with Crippen LogP contribution >= 0.6 is 23.4 Å². The molecule has 2 atom stereocenters. The summed E-state index contributed by atoms with van der Waals surface area (Å²) in [6.45, 7) is 4.27. The number of rotatable bonds is 11. The maximum Gasteiger partial charge on any atom is 0.243 e. The monoisotopic (exact) mass is 494 g/mol. The van der Waals surface area contributed by atoms with E-state index in [4.69, 9.17) is 11.6 Å². The van der Waals surface area contributed by atoms with Crippen molar-refractivity contribution < 1.29 is 9.59 Å². The first kappa shape index (κ1) is 25.9. The number of hydrogen-bond donors (Lipinski definition) is 1. The second-order valence-electron chi connectivity index (χ2n) is 8.24. The first-order valence-corrected chi connectivity index (χ1v) is 12.9. The summed E-state index contributed by atoms with van der Waals surface area (Å²) < 4.78 is 0. The Hall–Kier alpha value is -2.76. The highest BCUT2D eigenvalue weighted by molar-refractivity contribution is 8.00. The summed E-state index contributed by atoms with van der Waals surface area (Å²) in [5.41, 5.74) is 1.82. The number of amides is 2. The number of thioether (sulfide) groups is 1. The van der Waals surface area contributed by atoms with Gasteiger partial charge >= 0.3 is 0 Å². The van der Waals surface area contributed by atoms with Crippen molar-refractivity contribution in [2.24, 2.45) is 0 Å². The predicted octanol–water partition coefficient (Wildman–Crippen LogP) is 5.99. The molecule has 1 N–H and O–H groups in total. The Bertz CT molecular complexity index is 1060. The fourth-order valence-electron chi connectivity index (χ4n) is 3.55. The second-order valence-corrected chi connectivity index (χ2v) is 9.69. The van der Waals surface area contributed by atoms with Gasteiger partial charge in [-0.15, -0.1) is 11.8 Å². The molecule has 3 aromatic carbocycles. The van der Waals surface area contributed by atoms with Crippen LogP contribution in [0.5, 0.6) is 0 Å². The molecular formula is C28H31ClN2O2S. The standard InChI is InChI=1S/C28H31ClN2O2S/c1-3-21(2)30-28(33)26(18-22-12-6-4-7-13-22)31(19-23-14-10-11-17-25(23)29)27(32)20-34-24-15-8-5-9-16-24/h4-17,21,26H,3,18-20H2,1-2H3,(H,30,33). The van der Waals surface area contributed by atoms with Crippen LogP contribution in [0.1, 0.15) is 31.4 Å². The molecule has 2 amide bonds. The Kier molecular flexibility index (Phi) is 10.0. The van der Waals surface area contributed by atoms with Crippen LogP contribution < -0.4 is 5.32 Å². The van der Waals surface area contributed by atoms with Crippen molar-refractivity contribution in [3.05, 3.63) is 101 Å². The molecule has 178 valence electrons. The zero-order chi connectivity index (χ0) is 24.3. The molecule has 0 aliphatic carbocycles. The highest BCUT2D eigenvalue weighted by Crippen LogP contribution is 2.23. The topological polar surface area (TPSA) is 49.4 Å². The molecule has 0 fully saturated rings. The van der Waals surface area contributed by atoms with E-state index in [1.807, 2.05) is 98.8 Å². The van der Waals surface area contributed by atoms with Gasteiger partial charge in [-0.1, -0.05) is 85.3 Å². The Morgan fingerprint density at radius 1 is 0.941 bits per heavy atom. The second kappa shape index (κ2) is 13.2. The molecule has 0 heterocycles. The minimum atomic E-state index is -0.656. The number of hydrogen-bond acceptors (Lipinski definition) is 3. The fraction of sp³-hybridized carbons (Fsp3) is 0.286. The summed E-state index contributed by atoms with van der Waals surface area (Å²) in [6, 6.07) is 26.5. The molecule has 0 spiro atoms. The summed E-state index contributed by atoms with van der Waals surface area (Å²) in [5, 5.41) is 3.67. The molecule has 3 aromatic rings. The van der Waals surface area contributed by atoms with E-state index >= 15 is 0 Å². The molecule has 0 saturated carbocycles. The van der Waals surface area contributed by atoms with Crippen molar-refractivity contribution >= 4 is 35.2 Å². The molecule has 0 aliphatic rings. The van der Waals surface area contributed by atoms with E-state index in [9.17, 15) is 9.59 Å². The van der Waals surface area contributed by atoms with E-state index in [-0.39, 0.29) is 30.2 Å². The van der Waals surface area contributed by atoms with Crippen molar-refractivity contribution in [1.82, 2.24) is 10.2 Å². The van der Waals surface area contributed by atoms with E-state index in [0.29, 0.717) is 11.4 Å². The minimum absolute atomic E-state index is 0.0155. The van der Waals surface area contributed by atoms with Crippen molar-refractivity contribution in [3.63, 3.8) is 0 Å². The summed E-state index contributed by atoms with van der Waals surface area (Å²) in [4.78, 5) is 29.8. The highest BCUT2D eigenvalue weighted by atomic mass is 35.5. The third kappa shape index (κ3) is 7.64. The van der Waals surface area contributed by atoms with Crippen molar-refractivity contribution in [2.45, 2.75) is 50.2 Å². The molecule has 4 nitrogen and oxygen atoms in total. The predicted molar refractivity (Wildman–Crippen MR) is 141 cm³/mol. The van der Waals surface area contributed by atoms with Gasteiger partial charge in [-0.3, -0.25) is 9.59 Å². The smallest absolute Gasteiger partial charge is 0.243 e. The number of benzene rings is 3. The molecular weight excluding hydrogens is 464 g/mol. The minimum Gasteiger partial charge on any atom is -0.352 e. The van der Waals surface area contributed by atoms with E-state index in [2.05, 4.69) is 5.32 Å². The Labute approximate surface area is 211 Å². The lowest BCUT2D eigenvalue weighted by Crippen LogP contribution is -2.52. The van der Waals surface area contributed by atoms with Crippen LogP contribution in [0.15, 0.2) is 89.8 Å². The van der Waals surface area contributed by atoms with E-state index in [0.717, 1.165) is 22.4 Å². The van der Waals surface area contributed by atoms with E-state index < -0.39 is 6.04 Å². The van der Waals surface area contributed by atoms with Gasteiger partial charge in [0.05, 0.1) is 5.75 Å². The maximum absolute atomic E-state index is 13.6. The van der Waals surface area contributed by atoms with E-state index in [1.54, 1.807) is 4.90 Å². The summed E-state index contributed by atoms with van der Waals surface area (Å²) >= 11 is 7.92. The van der Waals surface area contributed by atoms with Gasteiger partial charge in [0.1, 0.15) is 6.04 Å². The number of carbonyl (C=O) groups excluding carboxylic acids is 2. The SMILES string of the molecule is CCC(C)NC(=O)C(Cc1ccccc1)N(Cc1ccccc1Cl)C(=O)CSc1ccccc1. The van der Waals surface area contributed by atoms with Gasteiger partial charge in [-0.25, -0.2) is 0 Å². The largest absolute Gasteiger partial charge is 0.352 e. The van der Waals surface area contributed by atoms with Crippen LogP contribution in [-0.2, 0) is 22.6 Å². The fourth-order valence-corrected chi connectivity index (χ4v) is 4.55. The van der Waals surface area contributed by atoms with Gasteiger partial charge in [0, 0.05) is 28.9 Å². The normalized spacial score (nSPS) is 12.6. The zero-order valence-electron chi connectivity index (χ0n) is 19.6. The van der Waals surface area contributed by atoms with Crippen LogP contribution in [0.25, 0.3) is 0 Å². The lowest BCUT2D eigenvalue weighted by Gasteiger charge is -2.32. The third-order valence-corrected chi connectivity index (χ3v) is 7.04. The van der Waals surface area contributed by atoms with Crippen LogP contribution in [0, 0.1) is 0 Å². The van der Waals surface area contributed by atoms with Gasteiger partial charge in [0.15, 0.2) is 0 Å². The lowest BCUT2D eigenvalue weighted by molar-refractivity contribution is -0.139. The summed E-state index contributed by atoms with van der Waals surface area (Å²) in [6.07, 6.45) is 1.24. The molecule has 0 saturated heterocycles. The maximum atomic E-state index is 13.6. The van der Waals surface area contributed by atoms with Crippen LogP contribution in [-0.4, -0.2) is 34.6 Å². The molecule has 2 unspecified atom stereocenters. The van der Waals surface area contributed by atoms with Crippen molar-refractivity contribution in [3.8, 4) is 0 Å². The van der Waals surface area contributed by atoms with Gasteiger partial charge in [-0.2, -0.15) is 0 Å². The van der Waals surface area contributed by atoms with Gasteiger partial charge in [-0.05, 0) is 42.7 Å². The summed E-state index contributed by atoms with van der Waals surface area (Å²) in [5.74, 6) is -0.0200. The zero-order valence-corrected chi connectivity index (χ0v) is 21.2. The number of nitrogens with one attached hydrogen (secondary N) is 1. The molecule has 34 heavy (non-hydrogen) atoms. The van der Waals surface area contributed by atoms with Crippen molar-refractivity contribution in [2.75, 3.05) is 5.75 Å². The average Bonchev–Trinajstić information content (AvgIpc) is 2.86. The van der Waals surface area contributed by atoms with Crippen molar-refractivity contribution in [1.29, 1.82) is 0 Å². The van der Waals surface area contributed by atoms with E-state index in [1.165, 1.54) is 11.8 Å². The average molecular weight is 495 g/mol. The van der Waals surface area contributed by atoms with Crippen LogP contribution in [0.3, 0.4) is 0 Å². The molecule has 0 aliphatic heterocycles. The lowest BCUT2D eigenvalue weighted by atomic mass is 10.0. The Morgan fingerprint density at radius 3 is 2.21 bits per heavy atom. The Morgan fingerprint density at radius 2 is 1.56 bits per heavy atom. The molecule has 3 rings (SSSR count). The molecule has 0 aromatic heterocycles. The molecule has 0 radical (unpaired) electrons. The van der Waals surface area contributed by atoms with Crippen LogP contribution in [0.4, 0.5) is 0 Å². The molecule has 6 heteroatoms. The Balaban J connectivity index is 1.92. The highest BCUT2D eigenvalue weighted by Gasteiger charge is 2.31. The first-order valence-electron chi connectivity index (χ1n) is 11.5. The quantitative estimate of drug-likeness (QED) is 0.333. The van der Waals surface area contributed by atoms with Crippen LogP contribution in [0.2, 0.25) is 5.02 Å². The number of nitrogens with zero attached hydrogens (tertiary/aromatic N) is 1. The molecule has 0 bridgehead atoms. The third-order valence-electron chi connectivity index (χ3n) is 5.68.